The molecular formula is C38H20N2S2. The summed E-state index contributed by atoms with van der Waals surface area (Å²) >= 11 is 3.63. The van der Waals surface area contributed by atoms with Crippen LogP contribution in [0.25, 0.3) is 73.7 Å². The van der Waals surface area contributed by atoms with E-state index in [1.165, 1.54) is 51.5 Å². The fraction of sp³-hybridized carbons (Fsp3) is 0. The molecule has 6 aromatic carbocycles. The van der Waals surface area contributed by atoms with Gasteiger partial charge in [-0.25, -0.2) is 0 Å². The Balaban J connectivity index is 1.47. The second-order valence-corrected chi connectivity index (χ2v) is 12.5. The standard InChI is InChI=1S/C38H20N2S2/c39-21-23-15-16-28(27(17-23)22-40)24-18-25(29-9-5-13-35-37(29)31-7-1-3-11-33(31)41-35)20-26(19-24)30-10-6-14-36-38(30)32-8-2-4-12-34(32)42-36/h1-20H. The third-order valence-electron chi connectivity index (χ3n) is 7.94. The molecule has 0 saturated carbocycles. The van der Waals surface area contributed by atoms with Crippen molar-refractivity contribution in [2.24, 2.45) is 0 Å². The lowest BCUT2D eigenvalue weighted by Crippen LogP contribution is -1.90. The fourth-order valence-electron chi connectivity index (χ4n) is 6.08. The van der Waals surface area contributed by atoms with E-state index in [9.17, 15) is 10.5 Å². The highest BCUT2D eigenvalue weighted by atomic mass is 32.1. The highest BCUT2D eigenvalue weighted by molar-refractivity contribution is 7.26. The van der Waals surface area contributed by atoms with Crippen LogP contribution in [0.2, 0.25) is 0 Å². The summed E-state index contributed by atoms with van der Waals surface area (Å²) < 4.78 is 5.04. The number of benzene rings is 6. The maximum atomic E-state index is 10.1. The Morgan fingerprint density at radius 2 is 0.929 bits per heavy atom. The van der Waals surface area contributed by atoms with Crippen molar-refractivity contribution in [2.45, 2.75) is 0 Å². The molecule has 194 valence electrons. The van der Waals surface area contributed by atoms with Crippen LogP contribution in [0.3, 0.4) is 0 Å². The van der Waals surface area contributed by atoms with Gasteiger partial charge in [0.1, 0.15) is 0 Å². The summed E-state index contributed by atoms with van der Waals surface area (Å²) in [6.07, 6.45) is 0. The molecule has 4 heteroatoms. The molecule has 2 aromatic heterocycles. The molecular weight excluding hydrogens is 549 g/mol. The number of hydrogen-bond acceptors (Lipinski definition) is 4. The van der Waals surface area contributed by atoms with Gasteiger partial charge in [0.15, 0.2) is 0 Å². The molecule has 42 heavy (non-hydrogen) atoms. The first-order valence-corrected chi connectivity index (χ1v) is 15.3. The number of thiophene rings is 2. The summed E-state index contributed by atoms with van der Waals surface area (Å²) in [6.45, 7) is 0. The molecule has 0 fully saturated rings. The number of nitriles is 2. The molecule has 8 rings (SSSR count). The van der Waals surface area contributed by atoms with E-state index in [0.717, 1.165) is 22.3 Å². The Labute approximate surface area is 250 Å². The maximum Gasteiger partial charge on any atom is 0.0998 e. The van der Waals surface area contributed by atoms with E-state index < -0.39 is 0 Å². The van der Waals surface area contributed by atoms with Crippen molar-refractivity contribution in [3.8, 4) is 45.5 Å². The molecule has 0 N–H and O–H groups in total. The predicted molar refractivity (Wildman–Crippen MR) is 178 cm³/mol. The van der Waals surface area contributed by atoms with Gasteiger partial charge in [0.25, 0.3) is 0 Å². The third kappa shape index (κ3) is 3.82. The lowest BCUT2D eigenvalue weighted by Gasteiger charge is -2.14. The van der Waals surface area contributed by atoms with Crippen LogP contribution < -0.4 is 0 Å². The van der Waals surface area contributed by atoms with Crippen LogP contribution in [0.1, 0.15) is 11.1 Å². The zero-order valence-corrected chi connectivity index (χ0v) is 23.9. The SMILES string of the molecule is N#Cc1ccc(-c2cc(-c3cccc4sc5ccccc5c34)cc(-c3cccc4sc5ccccc5c34)c2)c(C#N)c1. The first-order valence-electron chi connectivity index (χ1n) is 13.6. The van der Waals surface area contributed by atoms with Crippen LogP contribution in [-0.4, -0.2) is 0 Å². The van der Waals surface area contributed by atoms with E-state index in [2.05, 4.69) is 115 Å². The highest BCUT2D eigenvalue weighted by Gasteiger charge is 2.17. The molecule has 0 unspecified atom stereocenters. The average molecular weight is 569 g/mol. The second kappa shape index (κ2) is 9.68. The van der Waals surface area contributed by atoms with Gasteiger partial charge in [-0.2, -0.15) is 10.5 Å². The molecule has 0 radical (unpaired) electrons. The van der Waals surface area contributed by atoms with Crippen LogP contribution >= 0.6 is 22.7 Å². The van der Waals surface area contributed by atoms with Gasteiger partial charge < -0.3 is 0 Å². The summed E-state index contributed by atoms with van der Waals surface area (Å²) in [4.78, 5) is 0. The Kier molecular flexibility index (Phi) is 5.66. The molecule has 0 aliphatic carbocycles. The topological polar surface area (TPSA) is 47.6 Å². The molecule has 0 amide bonds. The van der Waals surface area contributed by atoms with E-state index in [1.807, 2.05) is 28.7 Å². The van der Waals surface area contributed by atoms with Gasteiger partial charge in [0.2, 0.25) is 0 Å². The maximum absolute atomic E-state index is 10.1. The molecule has 0 bridgehead atoms. The molecule has 8 aromatic rings. The molecule has 0 saturated heterocycles. The largest absolute Gasteiger partial charge is 0.192 e. The first-order chi connectivity index (χ1) is 20.7. The molecule has 0 spiro atoms. The Morgan fingerprint density at radius 1 is 0.429 bits per heavy atom. The monoisotopic (exact) mass is 568 g/mol. The van der Waals surface area contributed by atoms with Crippen molar-refractivity contribution in [2.75, 3.05) is 0 Å². The minimum absolute atomic E-state index is 0.482. The minimum Gasteiger partial charge on any atom is -0.192 e. The lowest BCUT2D eigenvalue weighted by molar-refractivity contribution is 1.44. The number of hydrogen-bond donors (Lipinski definition) is 0. The normalized spacial score (nSPS) is 11.3. The van der Waals surface area contributed by atoms with E-state index in [1.54, 1.807) is 12.1 Å². The summed E-state index contributed by atoms with van der Waals surface area (Å²) in [5, 5.41) is 24.6. The van der Waals surface area contributed by atoms with Crippen molar-refractivity contribution >= 4 is 63.0 Å². The van der Waals surface area contributed by atoms with Gasteiger partial charge in [-0.3, -0.25) is 0 Å². The van der Waals surface area contributed by atoms with Crippen molar-refractivity contribution in [3.05, 3.63) is 132 Å². The zero-order chi connectivity index (χ0) is 28.2. The second-order valence-electron chi connectivity index (χ2n) is 10.3. The lowest BCUT2D eigenvalue weighted by atomic mass is 9.89. The van der Waals surface area contributed by atoms with Crippen molar-refractivity contribution in [3.63, 3.8) is 0 Å². The van der Waals surface area contributed by atoms with Crippen molar-refractivity contribution in [1.29, 1.82) is 10.5 Å². The van der Waals surface area contributed by atoms with Gasteiger partial charge in [-0.05, 0) is 88.0 Å². The fourth-order valence-corrected chi connectivity index (χ4v) is 8.35. The highest BCUT2D eigenvalue weighted by Crippen LogP contribution is 2.45. The van der Waals surface area contributed by atoms with Crippen molar-refractivity contribution in [1.82, 2.24) is 0 Å². The summed E-state index contributed by atoms with van der Waals surface area (Å²) in [5.74, 6) is 0. The van der Waals surface area contributed by atoms with E-state index in [-0.39, 0.29) is 0 Å². The van der Waals surface area contributed by atoms with E-state index >= 15 is 0 Å². The van der Waals surface area contributed by atoms with Gasteiger partial charge in [-0.15, -0.1) is 22.7 Å². The number of rotatable bonds is 3. The number of nitrogens with zero attached hydrogens (tertiary/aromatic N) is 2. The minimum atomic E-state index is 0.482. The molecule has 0 aliphatic rings. The number of fused-ring (bicyclic) bond motifs is 6. The summed E-state index contributed by atoms with van der Waals surface area (Å²) in [5.41, 5.74) is 7.29. The molecule has 2 nitrogen and oxygen atoms in total. The van der Waals surface area contributed by atoms with E-state index in [0.29, 0.717) is 11.1 Å². The van der Waals surface area contributed by atoms with Gasteiger partial charge in [0, 0.05) is 40.3 Å². The smallest absolute Gasteiger partial charge is 0.0998 e. The quantitative estimate of drug-likeness (QED) is 0.213. The summed E-state index contributed by atoms with van der Waals surface area (Å²) in [7, 11) is 0. The summed E-state index contributed by atoms with van der Waals surface area (Å²) in [6, 6.07) is 46.8. The molecule has 2 heterocycles. The van der Waals surface area contributed by atoms with Crippen LogP contribution in [0.15, 0.2) is 121 Å². The van der Waals surface area contributed by atoms with Crippen LogP contribution in [0.5, 0.6) is 0 Å². The first kappa shape index (κ1) is 24.5. The third-order valence-corrected chi connectivity index (χ3v) is 10.2. The van der Waals surface area contributed by atoms with Crippen LogP contribution in [-0.2, 0) is 0 Å². The molecule has 0 atom stereocenters. The Hall–Kier alpha value is -5.26. The molecule has 0 aliphatic heterocycles. The van der Waals surface area contributed by atoms with Gasteiger partial charge in [-0.1, -0.05) is 66.7 Å². The van der Waals surface area contributed by atoms with Crippen LogP contribution in [0, 0.1) is 22.7 Å². The van der Waals surface area contributed by atoms with E-state index in [4.69, 9.17) is 0 Å². The average Bonchev–Trinajstić information content (AvgIpc) is 3.62. The Bertz CT molecular complexity index is 2310. The Morgan fingerprint density at radius 3 is 1.45 bits per heavy atom. The van der Waals surface area contributed by atoms with Crippen molar-refractivity contribution < 1.29 is 0 Å². The van der Waals surface area contributed by atoms with Gasteiger partial charge in [0.05, 0.1) is 23.3 Å². The van der Waals surface area contributed by atoms with Crippen LogP contribution in [0.4, 0.5) is 0 Å². The van der Waals surface area contributed by atoms with Gasteiger partial charge >= 0.3 is 0 Å². The zero-order valence-electron chi connectivity index (χ0n) is 22.3. The predicted octanol–water partition coefficient (Wildman–Crippen LogP) is 11.2.